The molecule has 2 rings (SSSR count). The van der Waals surface area contributed by atoms with Gasteiger partial charge in [0.1, 0.15) is 6.10 Å². The van der Waals surface area contributed by atoms with Crippen LogP contribution in [0.5, 0.6) is 5.88 Å². The minimum Gasteiger partial charge on any atom is -0.474 e. The highest BCUT2D eigenvalue weighted by molar-refractivity contribution is 5.72. The molecule has 19 heavy (non-hydrogen) atoms. The van der Waals surface area contributed by atoms with E-state index >= 15 is 0 Å². The summed E-state index contributed by atoms with van der Waals surface area (Å²) in [5, 5.41) is 0. The Morgan fingerprint density at radius 1 is 1.37 bits per heavy atom. The SMILES string of the molecule is COC(=O)[C@H]1CC[C@@H](Oc2cc(C)c(N)cn2)CC1. The Balaban J connectivity index is 1.88. The smallest absolute Gasteiger partial charge is 0.308 e. The number of methoxy groups -OCH3 is 1. The Hall–Kier alpha value is -1.78. The van der Waals surface area contributed by atoms with Crippen molar-refractivity contribution in [2.75, 3.05) is 12.8 Å². The van der Waals surface area contributed by atoms with E-state index < -0.39 is 0 Å². The van der Waals surface area contributed by atoms with Crippen LogP contribution in [0.15, 0.2) is 12.3 Å². The van der Waals surface area contributed by atoms with Crippen molar-refractivity contribution in [1.82, 2.24) is 4.98 Å². The van der Waals surface area contributed by atoms with Gasteiger partial charge in [0.15, 0.2) is 0 Å². The molecular weight excluding hydrogens is 244 g/mol. The summed E-state index contributed by atoms with van der Waals surface area (Å²) in [6.45, 7) is 1.93. The number of carbonyl (C=O) groups excluding carboxylic acids is 1. The monoisotopic (exact) mass is 264 g/mol. The van der Waals surface area contributed by atoms with Gasteiger partial charge in [0, 0.05) is 6.07 Å². The van der Waals surface area contributed by atoms with Crippen molar-refractivity contribution >= 4 is 11.7 Å². The fourth-order valence-electron chi connectivity index (χ4n) is 2.36. The Morgan fingerprint density at radius 2 is 2.05 bits per heavy atom. The zero-order valence-electron chi connectivity index (χ0n) is 11.4. The van der Waals surface area contributed by atoms with E-state index in [2.05, 4.69) is 4.98 Å². The van der Waals surface area contributed by atoms with Gasteiger partial charge in [-0.15, -0.1) is 0 Å². The van der Waals surface area contributed by atoms with Crippen molar-refractivity contribution < 1.29 is 14.3 Å². The second-order valence-corrected chi connectivity index (χ2v) is 4.99. The van der Waals surface area contributed by atoms with Crippen LogP contribution in [0, 0.1) is 12.8 Å². The summed E-state index contributed by atoms with van der Waals surface area (Å²) in [6, 6.07) is 1.85. The third kappa shape index (κ3) is 3.36. The van der Waals surface area contributed by atoms with Crippen LogP contribution in [0.25, 0.3) is 0 Å². The second-order valence-electron chi connectivity index (χ2n) is 4.99. The standard InChI is InChI=1S/C14H20N2O3/c1-9-7-13(16-8-12(9)15)19-11-5-3-10(4-6-11)14(17)18-2/h7-8,10-11H,3-6,15H2,1-2H3/t10-,11+. The van der Waals surface area contributed by atoms with Gasteiger partial charge < -0.3 is 15.2 Å². The van der Waals surface area contributed by atoms with Gasteiger partial charge in [-0.25, -0.2) is 4.98 Å². The Morgan fingerprint density at radius 3 is 2.63 bits per heavy atom. The molecule has 0 unspecified atom stereocenters. The molecule has 5 nitrogen and oxygen atoms in total. The van der Waals surface area contributed by atoms with Crippen LogP contribution in [-0.2, 0) is 9.53 Å². The third-order valence-electron chi connectivity index (χ3n) is 3.62. The van der Waals surface area contributed by atoms with Crippen molar-refractivity contribution in [2.24, 2.45) is 5.92 Å². The molecule has 1 aromatic heterocycles. The largest absolute Gasteiger partial charge is 0.474 e. The topological polar surface area (TPSA) is 74.4 Å². The van der Waals surface area contributed by atoms with Crippen LogP contribution in [0.2, 0.25) is 0 Å². The molecule has 1 saturated carbocycles. The Labute approximate surface area is 113 Å². The molecule has 1 aliphatic carbocycles. The van der Waals surface area contributed by atoms with Crippen LogP contribution in [-0.4, -0.2) is 24.2 Å². The van der Waals surface area contributed by atoms with E-state index in [0.29, 0.717) is 11.6 Å². The lowest BCUT2D eigenvalue weighted by Crippen LogP contribution is -2.28. The normalized spacial score (nSPS) is 22.8. The molecule has 104 valence electrons. The summed E-state index contributed by atoms with van der Waals surface area (Å²) in [7, 11) is 1.44. The molecule has 1 aromatic rings. The van der Waals surface area contributed by atoms with Crippen LogP contribution in [0.1, 0.15) is 31.2 Å². The first-order valence-corrected chi connectivity index (χ1v) is 6.56. The van der Waals surface area contributed by atoms with E-state index in [-0.39, 0.29) is 18.0 Å². The maximum absolute atomic E-state index is 11.4. The van der Waals surface area contributed by atoms with E-state index in [9.17, 15) is 4.79 Å². The molecule has 0 amide bonds. The number of hydrogen-bond acceptors (Lipinski definition) is 5. The number of hydrogen-bond donors (Lipinski definition) is 1. The van der Waals surface area contributed by atoms with Gasteiger partial charge >= 0.3 is 5.97 Å². The maximum atomic E-state index is 11.4. The summed E-state index contributed by atoms with van der Waals surface area (Å²) >= 11 is 0. The predicted molar refractivity (Wildman–Crippen MR) is 71.8 cm³/mol. The number of pyridine rings is 1. The molecule has 0 bridgehead atoms. The lowest BCUT2D eigenvalue weighted by molar-refractivity contribution is -0.147. The number of nitrogens with zero attached hydrogens (tertiary/aromatic N) is 1. The first-order chi connectivity index (χ1) is 9.10. The number of aromatic nitrogens is 1. The molecule has 0 atom stereocenters. The van der Waals surface area contributed by atoms with Gasteiger partial charge in [0.05, 0.1) is 24.9 Å². The van der Waals surface area contributed by atoms with Gasteiger partial charge in [-0.05, 0) is 38.2 Å². The van der Waals surface area contributed by atoms with Crippen LogP contribution in [0.3, 0.4) is 0 Å². The molecule has 0 spiro atoms. The molecule has 0 saturated heterocycles. The number of carbonyl (C=O) groups is 1. The minimum atomic E-state index is -0.111. The first kappa shape index (κ1) is 13.6. The highest BCUT2D eigenvalue weighted by Crippen LogP contribution is 2.28. The molecule has 1 heterocycles. The molecule has 0 aliphatic heterocycles. The maximum Gasteiger partial charge on any atom is 0.308 e. The van der Waals surface area contributed by atoms with Crippen LogP contribution < -0.4 is 10.5 Å². The van der Waals surface area contributed by atoms with E-state index in [1.807, 2.05) is 13.0 Å². The number of nitrogen functional groups attached to an aromatic ring is 1. The molecular formula is C14H20N2O3. The fourth-order valence-corrected chi connectivity index (χ4v) is 2.36. The predicted octanol–water partition coefficient (Wildman–Crippen LogP) is 2.08. The highest BCUT2D eigenvalue weighted by Gasteiger charge is 2.28. The quantitative estimate of drug-likeness (QED) is 0.846. The van der Waals surface area contributed by atoms with E-state index in [4.69, 9.17) is 15.2 Å². The van der Waals surface area contributed by atoms with E-state index in [1.54, 1.807) is 6.20 Å². The van der Waals surface area contributed by atoms with E-state index in [0.717, 1.165) is 31.2 Å². The molecule has 2 N–H and O–H groups in total. The number of aryl methyl sites for hydroxylation is 1. The molecule has 0 radical (unpaired) electrons. The summed E-state index contributed by atoms with van der Waals surface area (Å²) in [4.78, 5) is 15.6. The Bertz CT molecular complexity index is 454. The summed E-state index contributed by atoms with van der Waals surface area (Å²) < 4.78 is 10.6. The minimum absolute atomic E-state index is 0.0194. The van der Waals surface area contributed by atoms with Gasteiger partial charge in [-0.1, -0.05) is 0 Å². The molecule has 1 fully saturated rings. The lowest BCUT2D eigenvalue weighted by atomic mass is 9.87. The van der Waals surface area contributed by atoms with Gasteiger partial charge in [-0.2, -0.15) is 0 Å². The first-order valence-electron chi connectivity index (χ1n) is 6.56. The highest BCUT2D eigenvalue weighted by atomic mass is 16.5. The van der Waals surface area contributed by atoms with Gasteiger partial charge in [0.25, 0.3) is 0 Å². The number of nitrogens with two attached hydrogens (primary N) is 1. The average molecular weight is 264 g/mol. The summed E-state index contributed by atoms with van der Waals surface area (Å²) in [5.74, 6) is 0.513. The molecule has 5 heteroatoms. The lowest BCUT2D eigenvalue weighted by Gasteiger charge is -2.27. The van der Waals surface area contributed by atoms with Gasteiger partial charge in [0.2, 0.25) is 5.88 Å². The number of rotatable bonds is 3. The number of esters is 1. The van der Waals surface area contributed by atoms with Gasteiger partial charge in [-0.3, -0.25) is 4.79 Å². The van der Waals surface area contributed by atoms with Crippen molar-refractivity contribution in [3.05, 3.63) is 17.8 Å². The van der Waals surface area contributed by atoms with Crippen molar-refractivity contribution in [2.45, 2.75) is 38.7 Å². The molecule has 0 aromatic carbocycles. The third-order valence-corrected chi connectivity index (χ3v) is 3.62. The van der Waals surface area contributed by atoms with Crippen molar-refractivity contribution in [3.8, 4) is 5.88 Å². The summed E-state index contributed by atoms with van der Waals surface area (Å²) in [5.41, 5.74) is 7.35. The van der Waals surface area contributed by atoms with Crippen LogP contribution >= 0.6 is 0 Å². The average Bonchev–Trinajstić information content (AvgIpc) is 2.43. The van der Waals surface area contributed by atoms with Crippen molar-refractivity contribution in [3.63, 3.8) is 0 Å². The Kier molecular flexibility index (Phi) is 4.24. The second kappa shape index (κ2) is 5.91. The molecule has 1 aliphatic rings. The fraction of sp³-hybridized carbons (Fsp3) is 0.571. The number of ether oxygens (including phenoxy) is 2. The van der Waals surface area contributed by atoms with E-state index in [1.165, 1.54) is 7.11 Å². The van der Waals surface area contributed by atoms with Crippen molar-refractivity contribution in [1.29, 1.82) is 0 Å². The zero-order chi connectivity index (χ0) is 13.8. The van der Waals surface area contributed by atoms with Crippen LogP contribution in [0.4, 0.5) is 5.69 Å². The summed E-state index contributed by atoms with van der Waals surface area (Å²) in [6.07, 6.45) is 5.06. The zero-order valence-corrected chi connectivity index (χ0v) is 11.4. The number of anilines is 1.